The van der Waals surface area contributed by atoms with Crippen molar-refractivity contribution in [2.24, 2.45) is 0 Å². The van der Waals surface area contributed by atoms with Crippen molar-refractivity contribution in [3.63, 3.8) is 0 Å². The van der Waals surface area contributed by atoms with Crippen LogP contribution in [0, 0.1) is 0 Å². The highest BCUT2D eigenvalue weighted by molar-refractivity contribution is 5.68. The molecule has 0 bridgehead atoms. The molecule has 2 fully saturated rings. The number of nitrogens with zero attached hydrogens (tertiary/aromatic N) is 2. The first kappa shape index (κ1) is 17.5. The molecule has 2 rings (SSSR count). The Bertz CT molecular complexity index is 377. The Morgan fingerprint density at radius 1 is 1.23 bits per heavy atom. The van der Waals surface area contributed by atoms with E-state index in [1.165, 1.54) is 0 Å². The maximum Gasteiger partial charge on any atom is 0.410 e. The predicted octanol–water partition coefficient (Wildman–Crippen LogP) is 1.73. The van der Waals surface area contributed by atoms with Crippen molar-refractivity contribution >= 4 is 6.09 Å². The highest BCUT2D eigenvalue weighted by Gasteiger charge is 2.40. The summed E-state index contributed by atoms with van der Waals surface area (Å²) in [7, 11) is 1.75. The lowest BCUT2D eigenvalue weighted by molar-refractivity contribution is -0.0948. The van der Waals surface area contributed by atoms with Gasteiger partial charge < -0.3 is 19.1 Å². The minimum absolute atomic E-state index is 0.240. The highest BCUT2D eigenvalue weighted by Crippen LogP contribution is 2.27. The molecule has 1 amide bonds. The second kappa shape index (κ2) is 7.15. The lowest BCUT2D eigenvalue weighted by Crippen LogP contribution is -2.58. The normalized spacial score (nSPS) is 27.7. The van der Waals surface area contributed by atoms with Gasteiger partial charge in [0.15, 0.2) is 0 Å². The zero-order valence-electron chi connectivity index (χ0n) is 14.4. The van der Waals surface area contributed by atoms with Crippen molar-refractivity contribution in [1.82, 2.24) is 9.80 Å². The van der Waals surface area contributed by atoms with Gasteiger partial charge in [-0.05, 0) is 33.6 Å². The van der Waals surface area contributed by atoms with Crippen LogP contribution in [0.4, 0.5) is 4.79 Å². The van der Waals surface area contributed by atoms with Gasteiger partial charge >= 0.3 is 6.09 Å². The summed E-state index contributed by atoms with van der Waals surface area (Å²) in [5, 5.41) is 0. The van der Waals surface area contributed by atoms with Gasteiger partial charge in [-0.1, -0.05) is 0 Å². The zero-order valence-corrected chi connectivity index (χ0v) is 14.4. The topological polar surface area (TPSA) is 51.2 Å². The van der Waals surface area contributed by atoms with Gasteiger partial charge in [-0.2, -0.15) is 0 Å². The van der Waals surface area contributed by atoms with Gasteiger partial charge in [0.1, 0.15) is 5.60 Å². The van der Waals surface area contributed by atoms with E-state index in [-0.39, 0.29) is 11.7 Å². The molecule has 128 valence electrons. The molecule has 2 aliphatic heterocycles. The monoisotopic (exact) mass is 314 g/mol. The van der Waals surface area contributed by atoms with Gasteiger partial charge in [0.2, 0.25) is 0 Å². The molecule has 1 atom stereocenters. The molecule has 22 heavy (non-hydrogen) atoms. The fourth-order valence-electron chi connectivity index (χ4n) is 3.11. The average molecular weight is 314 g/mol. The molecular weight excluding hydrogens is 284 g/mol. The van der Waals surface area contributed by atoms with Crippen LogP contribution in [0.2, 0.25) is 0 Å². The molecular formula is C16H30N2O4. The fraction of sp³-hybridized carbons (Fsp3) is 0.938. The number of carbonyl (C=O) groups is 1. The van der Waals surface area contributed by atoms with Crippen LogP contribution in [0.5, 0.6) is 0 Å². The lowest BCUT2D eigenvalue weighted by Gasteiger charge is -2.44. The van der Waals surface area contributed by atoms with Crippen molar-refractivity contribution in [3.05, 3.63) is 0 Å². The molecule has 6 heteroatoms. The summed E-state index contributed by atoms with van der Waals surface area (Å²) in [6.07, 6.45) is 1.67. The van der Waals surface area contributed by atoms with Crippen LogP contribution in [0.25, 0.3) is 0 Å². The molecule has 0 aromatic rings. The van der Waals surface area contributed by atoms with E-state index in [2.05, 4.69) is 4.90 Å². The van der Waals surface area contributed by atoms with Crippen LogP contribution in [0.3, 0.4) is 0 Å². The molecule has 0 radical (unpaired) electrons. The number of piperidine rings is 1. The number of ether oxygens (including phenoxy) is 3. The number of likely N-dealkylation sites (tertiary alicyclic amines) is 1. The van der Waals surface area contributed by atoms with E-state index in [0.29, 0.717) is 6.54 Å². The first-order valence-electron chi connectivity index (χ1n) is 8.17. The van der Waals surface area contributed by atoms with E-state index in [1.807, 2.05) is 20.8 Å². The van der Waals surface area contributed by atoms with E-state index in [4.69, 9.17) is 14.2 Å². The molecule has 2 aliphatic rings. The summed E-state index contributed by atoms with van der Waals surface area (Å²) in [4.78, 5) is 16.5. The van der Waals surface area contributed by atoms with Gasteiger partial charge in [-0.15, -0.1) is 0 Å². The molecule has 2 saturated heterocycles. The number of morpholine rings is 1. The van der Waals surface area contributed by atoms with Crippen LogP contribution in [-0.4, -0.2) is 80.1 Å². The van der Waals surface area contributed by atoms with Gasteiger partial charge in [0, 0.05) is 33.3 Å². The summed E-state index contributed by atoms with van der Waals surface area (Å²) in [6, 6.07) is 0. The number of rotatable bonds is 3. The van der Waals surface area contributed by atoms with Gasteiger partial charge in [0.25, 0.3) is 0 Å². The second-order valence-electron chi connectivity index (χ2n) is 7.28. The summed E-state index contributed by atoms with van der Waals surface area (Å²) in [6.45, 7) is 11.3. The molecule has 0 N–H and O–H groups in total. The number of methoxy groups -OCH3 is 1. The van der Waals surface area contributed by atoms with E-state index in [9.17, 15) is 4.79 Å². The molecule has 0 aromatic carbocycles. The van der Waals surface area contributed by atoms with Gasteiger partial charge in [0.05, 0.1) is 25.4 Å². The fourth-order valence-corrected chi connectivity index (χ4v) is 3.11. The van der Waals surface area contributed by atoms with E-state index in [0.717, 1.165) is 52.2 Å². The smallest absolute Gasteiger partial charge is 0.410 e. The molecule has 0 spiro atoms. The van der Waals surface area contributed by atoms with Crippen molar-refractivity contribution < 1.29 is 19.0 Å². The van der Waals surface area contributed by atoms with Gasteiger partial charge in [-0.25, -0.2) is 4.79 Å². The second-order valence-corrected chi connectivity index (χ2v) is 7.28. The third-order valence-electron chi connectivity index (χ3n) is 4.24. The van der Waals surface area contributed by atoms with Crippen LogP contribution in [-0.2, 0) is 14.2 Å². The Morgan fingerprint density at radius 2 is 1.91 bits per heavy atom. The largest absolute Gasteiger partial charge is 0.444 e. The Morgan fingerprint density at radius 3 is 2.50 bits per heavy atom. The summed E-state index contributed by atoms with van der Waals surface area (Å²) < 4.78 is 16.8. The summed E-state index contributed by atoms with van der Waals surface area (Å²) >= 11 is 0. The van der Waals surface area contributed by atoms with Crippen molar-refractivity contribution in [2.45, 2.75) is 44.8 Å². The van der Waals surface area contributed by atoms with Gasteiger partial charge in [-0.3, -0.25) is 4.90 Å². The number of hydrogen-bond donors (Lipinski definition) is 0. The Kier molecular flexibility index (Phi) is 5.69. The third kappa shape index (κ3) is 4.83. The van der Waals surface area contributed by atoms with E-state index in [1.54, 1.807) is 12.0 Å². The zero-order chi connectivity index (χ0) is 16.2. The molecule has 6 nitrogen and oxygen atoms in total. The maximum atomic E-state index is 12.3. The van der Waals surface area contributed by atoms with E-state index >= 15 is 0 Å². The Hall–Kier alpha value is -0.850. The molecule has 1 unspecified atom stereocenters. The minimum Gasteiger partial charge on any atom is -0.444 e. The maximum absolute atomic E-state index is 12.3. The molecule has 0 aromatic heterocycles. The van der Waals surface area contributed by atoms with E-state index < -0.39 is 5.60 Å². The van der Waals surface area contributed by atoms with Crippen molar-refractivity contribution in [1.29, 1.82) is 0 Å². The Labute approximate surface area is 133 Å². The average Bonchev–Trinajstić information content (AvgIpc) is 2.47. The predicted molar refractivity (Wildman–Crippen MR) is 84.0 cm³/mol. The first-order valence-corrected chi connectivity index (χ1v) is 8.17. The summed E-state index contributed by atoms with van der Waals surface area (Å²) in [5.41, 5.74) is -0.763. The quantitative estimate of drug-likeness (QED) is 0.794. The lowest BCUT2D eigenvalue weighted by atomic mass is 9.92. The van der Waals surface area contributed by atoms with Crippen LogP contribution in [0.15, 0.2) is 0 Å². The number of amides is 1. The minimum atomic E-state index is -0.464. The standard InChI is InChI=1S/C16H30N2O4/c1-15(2,3)22-14(19)18-7-5-6-16(13-18,20-4)12-17-8-10-21-11-9-17/h5-13H2,1-4H3. The van der Waals surface area contributed by atoms with Crippen molar-refractivity contribution in [2.75, 3.05) is 53.0 Å². The Balaban J connectivity index is 1.97. The summed E-state index contributed by atoms with van der Waals surface area (Å²) in [5.74, 6) is 0. The van der Waals surface area contributed by atoms with Crippen molar-refractivity contribution in [3.8, 4) is 0 Å². The van der Waals surface area contributed by atoms with Crippen LogP contribution in [0.1, 0.15) is 33.6 Å². The number of carbonyl (C=O) groups excluding carboxylic acids is 1. The SMILES string of the molecule is COC1(CN2CCOCC2)CCCN(C(=O)OC(C)(C)C)C1. The first-order chi connectivity index (χ1) is 10.3. The molecule has 2 heterocycles. The highest BCUT2D eigenvalue weighted by atomic mass is 16.6. The molecule has 0 aliphatic carbocycles. The van der Waals surface area contributed by atoms with Crippen LogP contribution >= 0.6 is 0 Å². The molecule has 0 saturated carbocycles. The number of hydrogen-bond acceptors (Lipinski definition) is 5. The third-order valence-corrected chi connectivity index (χ3v) is 4.24. The van der Waals surface area contributed by atoms with Crippen LogP contribution < -0.4 is 0 Å².